The van der Waals surface area contributed by atoms with Crippen molar-refractivity contribution in [1.82, 2.24) is 5.32 Å². The van der Waals surface area contributed by atoms with Gasteiger partial charge in [0.2, 0.25) is 0 Å². The molecule has 1 aliphatic carbocycles. The van der Waals surface area contributed by atoms with Crippen LogP contribution in [-0.4, -0.2) is 31.5 Å². The van der Waals surface area contributed by atoms with Crippen LogP contribution in [0, 0.1) is 5.92 Å². The highest BCUT2D eigenvalue weighted by Gasteiger charge is 2.42. The van der Waals surface area contributed by atoms with Crippen molar-refractivity contribution in [2.75, 3.05) is 7.11 Å². The van der Waals surface area contributed by atoms with E-state index >= 15 is 0 Å². The normalized spacial score (nSPS) is 30.3. The van der Waals surface area contributed by atoms with Gasteiger partial charge in [0.25, 0.3) is 5.91 Å². The highest BCUT2D eigenvalue weighted by atomic mass is 16.7. The van der Waals surface area contributed by atoms with E-state index in [1.807, 2.05) is 30.3 Å². The Kier molecular flexibility index (Phi) is 5.55. The highest BCUT2D eigenvalue weighted by molar-refractivity contribution is 5.94. The van der Waals surface area contributed by atoms with E-state index in [0.29, 0.717) is 17.4 Å². The van der Waals surface area contributed by atoms with Crippen LogP contribution in [0.3, 0.4) is 0 Å². The van der Waals surface area contributed by atoms with Crippen LogP contribution in [0.1, 0.15) is 47.5 Å². The summed E-state index contributed by atoms with van der Waals surface area (Å²) in [5.41, 5.74) is 2.07. The van der Waals surface area contributed by atoms with Gasteiger partial charge in [0, 0.05) is 12.7 Å². The number of amides is 1. The fourth-order valence-electron chi connectivity index (χ4n) is 4.55. The monoisotopic (exact) mass is 365 g/mol. The lowest BCUT2D eigenvalue weighted by Gasteiger charge is -2.45. The summed E-state index contributed by atoms with van der Waals surface area (Å²) in [5.74, 6) is 0.945. The van der Waals surface area contributed by atoms with Crippen LogP contribution in [0.4, 0.5) is 0 Å². The van der Waals surface area contributed by atoms with Crippen LogP contribution in [0.2, 0.25) is 0 Å². The number of rotatable bonds is 4. The van der Waals surface area contributed by atoms with Gasteiger partial charge in [-0.1, -0.05) is 48.5 Å². The van der Waals surface area contributed by atoms with Crippen molar-refractivity contribution >= 4 is 5.91 Å². The molecule has 2 aromatic carbocycles. The Bertz CT molecular complexity index is 749. The van der Waals surface area contributed by atoms with Crippen molar-refractivity contribution in [3.8, 4) is 0 Å². The van der Waals surface area contributed by atoms with Gasteiger partial charge >= 0.3 is 0 Å². The Labute approximate surface area is 160 Å². The second-order valence-corrected chi connectivity index (χ2v) is 7.64. The third-order valence-corrected chi connectivity index (χ3v) is 5.98. The SMILES string of the molecule is CO[C@@H]1O[C@@H]2C[C@H](c3ccccc3)CC[C@@H]2C[C@H]1NC(=O)c1ccccc1. The molecule has 0 spiro atoms. The molecule has 0 bridgehead atoms. The molecular weight excluding hydrogens is 338 g/mol. The largest absolute Gasteiger partial charge is 0.354 e. The maximum Gasteiger partial charge on any atom is 0.251 e. The Morgan fingerprint density at radius 2 is 1.70 bits per heavy atom. The van der Waals surface area contributed by atoms with E-state index < -0.39 is 6.29 Å². The predicted octanol–water partition coefficient (Wildman–Crippen LogP) is 4.13. The minimum absolute atomic E-state index is 0.0670. The highest BCUT2D eigenvalue weighted by Crippen LogP contribution is 2.42. The molecule has 0 radical (unpaired) electrons. The lowest BCUT2D eigenvalue weighted by Crippen LogP contribution is -2.54. The average molecular weight is 365 g/mol. The molecule has 142 valence electrons. The smallest absolute Gasteiger partial charge is 0.251 e. The van der Waals surface area contributed by atoms with E-state index in [4.69, 9.17) is 9.47 Å². The lowest BCUT2D eigenvalue weighted by atomic mass is 9.73. The van der Waals surface area contributed by atoms with Crippen molar-refractivity contribution in [2.24, 2.45) is 5.92 Å². The molecule has 0 unspecified atom stereocenters. The molecule has 2 aromatic rings. The quantitative estimate of drug-likeness (QED) is 0.886. The van der Waals surface area contributed by atoms with E-state index in [0.717, 1.165) is 19.3 Å². The molecular formula is C23H27NO3. The lowest BCUT2D eigenvalue weighted by molar-refractivity contribution is -0.218. The molecule has 1 heterocycles. The third-order valence-electron chi connectivity index (χ3n) is 5.98. The Balaban J connectivity index is 1.42. The molecule has 2 fully saturated rings. The topological polar surface area (TPSA) is 47.6 Å². The second kappa shape index (κ2) is 8.24. The zero-order valence-electron chi connectivity index (χ0n) is 15.7. The summed E-state index contributed by atoms with van der Waals surface area (Å²) in [6, 6.07) is 19.9. The summed E-state index contributed by atoms with van der Waals surface area (Å²) in [6.45, 7) is 0. The van der Waals surface area contributed by atoms with Crippen molar-refractivity contribution in [3.05, 3.63) is 71.8 Å². The van der Waals surface area contributed by atoms with Crippen LogP contribution in [0.5, 0.6) is 0 Å². The van der Waals surface area contributed by atoms with Gasteiger partial charge in [-0.3, -0.25) is 4.79 Å². The summed E-state index contributed by atoms with van der Waals surface area (Å²) in [4.78, 5) is 12.5. The number of fused-ring (bicyclic) bond motifs is 1. The standard InChI is InChI=1S/C23H27NO3/c1-26-23-20(24-22(25)17-10-6-3-7-11-17)14-19-13-12-18(15-21(19)27-23)16-8-4-2-5-9-16/h2-11,18-21,23H,12-15H2,1H3,(H,24,25)/t18-,19-,20-,21-,23-/m1/s1. The van der Waals surface area contributed by atoms with Gasteiger partial charge in [0.1, 0.15) is 0 Å². The van der Waals surface area contributed by atoms with Crippen molar-refractivity contribution < 1.29 is 14.3 Å². The molecule has 1 saturated carbocycles. The van der Waals surface area contributed by atoms with E-state index in [9.17, 15) is 4.79 Å². The first kappa shape index (κ1) is 18.2. The molecule has 4 heteroatoms. The van der Waals surface area contributed by atoms with E-state index in [2.05, 4.69) is 35.6 Å². The van der Waals surface area contributed by atoms with Crippen LogP contribution >= 0.6 is 0 Å². The first-order valence-corrected chi connectivity index (χ1v) is 9.83. The fraction of sp³-hybridized carbons (Fsp3) is 0.435. The van der Waals surface area contributed by atoms with Gasteiger partial charge in [0.05, 0.1) is 12.1 Å². The molecule has 4 rings (SSSR count). The Morgan fingerprint density at radius 3 is 2.41 bits per heavy atom. The third kappa shape index (κ3) is 4.07. The van der Waals surface area contributed by atoms with Gasteiger partial charge in [0.15, 0.2) is 6.29 Å². The van der Waals surface area contributed by atoms with E-state index in [1.54, 1.807) is 7.11 Å². The van der Waals surface area contributed by atoms with Gasteiger partial charge in [-0.2, -0.15) is 0 Å². The molecule has 27 heavy (non-hydrogen) atoms. The number of methoxy groups -OCH3 is 1. The molecule has 1 aliphatic heterocycles. The molecule has 1 saturated heterocycles. The summed E-state index contributed by atoms with van der Waals surface area (Å²) in [6.07, 6.45) is 4.02. The Morgan fingerprint density at radius 1 is 1.00 bits per heavy atom. The maximum absolute atomic E-state index is 12.5. The maximum atomic E-state index is 12.5. The van der Waals surface area contributed by atoms with Gasteiger partial charge in [-0.05, 0) is 55.2 Å². The van der Waals surface area contributed by atoms with Crippen LogP contribution in [-0.2, 0) is 9.47 Å². The minimum Gasteiger partial charge on any atom is -0.354 e. The number of benzene rings is 2. The molecule has 1 amide bonds. The van der Waals surface area contributed by atoms with Crippen LogP contribution in [0.15, 0.2) is 60.7 Å². The molecule has 2 aliphatic rings. The van der Waals surface area contributed by atoms with E-state index in [-0.39, 0.29) is 18.1 Å². The minimum atomic E-state index is -0.395. The van der Waals surface area contributed by atoms with Crippen molar-refractivity contribution in [2.45, 2.75) is 50.0 Å². The van der Waals surface area contributed by atoms with Crippen LogP contribution in [0.25, 0.3) is 0 Å². The van der Waals surface area contributed by atoms with Gasteiger partial charge < -0.3 is 14.8 Å². The fourth-order valence-corrected chi connectivity index (χ4v) is 4.55. The van der Waals surface area contributed by atoms with Gasteiger partial charge in [-0.15, -0.1) is 0 Å². The number of hydrogen-bond donors (Lipinski definition) is 1. The first-order chi connectivity index (χ1) is 13.2. The first-order valence-electron chi connectivity index (χ1n) is 9.83. The van der Waals surface area contributed by atoms with E-state index in [1.165, 1.54) is 12.0 Å². The average Bonchev–Trinajstić information content (AvgIpc) is 2.74. The van der Waals surface area contributed by atoms with Crippen molar-refractivity contribution in [1.29, 1.82) is 0 Å². The zero-order valence-corrected chi connectivity index (χ0v) is 15.7. The number of carbonyl (C=O) groups excluding carboxylic acids is 1. The van der Waals surface area contributed by atoms with Gasteiger partial charge in [-0.25, -0.2) is 0 Å². The van der Waals surface area contributed by atoms with Crippen LogP contribution < -0.4 is 5.32 Å². The number of hydrogen-bond acceptors (Lipinski definition) is 3. The second-order valence-electron chi connectivity index (χ2n) is 7.64. The molecule has 5 atom stereocenters. The zero-order chi connectivity index (χ0) is 18.6. The number of carbonyl (C=O) groups is 1. The Hall–Kier alpha value is -2.17. The number of nitrogens with one attached hydrogen (secondary N) is 1. The van der Waals surface area contributed by atoms with Crippen molar-refractivity contribution in [3.63, 3.8) is 0 Å². The molecule has 0 aromatic heterocycles. The summed E-state index contributed by atoms with van der Waals surface area (Å²) in [5, 5.41) is 3.12. The molecule has 1 N–H and O–H groups in total. The summed E-state index contributed by atoms with van der Waals surface area (Å²) < 4.78 is 11.9. The molecule has 4 nitrogen and oxygen atoms in total. The number of ether oxygens (including phenoxy) is 2. The summed E-state index contributed by atoms with van der Waals surface area (Å²) in [7, 11) is 1.66. The predicted molar refractivity (Wildman–Crippen MR) is 105 cm³/mol. The summed E-state index contributed by atoms with van der Waals surface area (Å²) >= 11 is 0.